The van der Waals surface area contributed by atoms with Crippen molar-refractivity contribution >= 4 is 23.2 Å². The molecule has 2 unspecified atom stereocenters. The van der Waals surface area contributed by atoms with Crippen molar-refractivity contribution in [3.63, 3.8) is 0 Å². The van der Waals surface area contributed by atoms with Crippen LogP contribution in [-0.4, -0.2) is 16.7 Å². The number of aliphatic hydroxyl groups is 1. The maximum atomic E-state index is 10.4. The summed E-state index contributed by atoms with van der Waals surface area (Å²) in [6.45, 7) is 0.663. The van der Waals surface area contributed by atoms with Crippen LogP contribution in [0.2, 0.25) is 10.0 Å². The molecule has 0 radical (unpaired) electrons. The third-order valence-electron chi connectivity index (χ3n) is 3.74. The Balaban J connectivity index is 1.81. The molecule has 0 aliphatic carbocycles. The van der Waals surface area contributed by atoms with E-state index in [-0.39, 0.29) is 5.92 Å². The van der Waals surface area contributed by atoms with Crippen molar-refractivity contribution in [2.24, 2.45) is 0 Å². The second kappa shape index (κ2) is 6.22. The van der Waals surface area contributed by atoms with E-state index in [1.165, 1.54) is 6.20 Å². The number of aromatic nitrogens is 1. The molecule has 0 amide bonds. The van der Waals surface area contributed by atoms with Gasteiger partial charge in [0.05, 0.1) is 28.5 Å². The zero-order valence-corrected chi connectivity index (χ0v) is 12.8. The SMILES string of the molecule is OC(CC1CCOc2ccccc21)c1ncc(Cl)cc1Cl. The molecule has 5 heteroatoms. The van der Waals surface area contributed by atoms with Gasteiger partial charge in [-0.15, -0.1) is 0 Å². The van der Waals surface area contributed by atoms with Gasteiger partial charge in [0.25, 0.3) is 0 Å². The average Bonchev–Trinajstić information content (AvgIpc) is 2.47. The maximum Gasteiger partial charge on any atom is 0.122 e. The molecule has 1 aliphatic heterocycles. The Morgan fingerprint density at radius 3 is 2.95 bits per heavy atom. The molecule has 0 saturated heterocycles. The summed E-state index contributed by atoms with van der Waals surface area (Å²) < 4.78 is 5.64. The summed E-state index contributed by atoms with van der Waals surface area (Å²) in [6.07, 6.45) is 2.23. The predicted molar refractivity (Wildman–Crippen MR) is 83.1 cm³/mol. The minimum atomic E-state index is -0.717. The van der Waals surface area contributed by atoms with E-state index < -0.39 is 6.10 Å². The number of nitrogens with zero attached hydrogens (tertiary/aromatic N) is 1. The third kappa shape index (κ3) is 3.15. The van der Waals surface area contributed by atoms with Crippen molar-refractivity contribution in [1.82, 2.24) is 4.98 Å². The third-order valence-corrected chi connectivity index (χ3v) is 4.25. The Kier molecular flexibility index (Phi) is 4.34. The molecule has 2 heterocycles. The summed E-state index contributed by atoms with van der Waals surface area (Å²) in [4.78, 5) is 4.15. The molecule has 3 rings (SSSR count). The van der Waals surface area contributed by atoms with Gasteiger partial charge >= 0.3 is 0 Å². The van der Waals surface area contributed by atoms with E-state index in [2.05, 4.69) is 4.98 Å². The van der Waals surface area contributed by atoms with Crippen molar-refractivity contribution in [3.05, 3.63) is 57.8 Å². The van der Waals surface area contributed by atoms with E-state index in [0.717, 1.165) is 17.7 Å². The average molecular weight is 324 g/mol. The van der Waals surface area contributed by atoms with Gasteiger partial charge in [-0.25, -0.2) is 0 Å². The largest absolute Gasteiger partial charge is 0.493 e. The predicted octanol–water partition coefficient (Wildman–Crippen LogP) is 4.38. The highest BCUT2D eigenvalue weighted by atomic mass is 35.5. The highest BCUT2D eigenvalue weighted by Gasteiger charge is 2.25. The molecule has 21 heavy (non-hydrogen) atoms. The van der Waals surface area contributed by atoms with E-state index in [4.69, 9.17) is 27.9 Å². The number of pyridine rings is 1. The molecule has 2 atom stereocenters. The van der Waals surface area contributed by atoms with E-state index in [1.54, 1.807) is 6.07 Å². The summed E-state index contributed by atoms with van der Waals surface area (Å²) >= 11 is 11.9. The van der Waals surface area contributed by atoms with Crippen LogP contribution in [0.3, 0.4) is 0 Å². The number of benzene rings is 1. The zero-order valence-electron chi connectivity index (χ0n) is 11.3. The van der Waals surface area contributed by atoms with Gasteiger partial charge < -0.3 is 9.84 Å². The second-order valence-electron chi connectivity index (χ2n) is 5.14. The fourth-order valence-corrected chi connectivity index (χ4v) is 3.22. The number of aliphatic hydroxyl groups excluding tert-OH is 1. The molecule has 1 aromatic carbocycles. The van der Waals surface area contributed by atoms with Crippen molar-refractivity contribution in [2.75, 3.05) is 6.61 Å². The lowest BCUT2D eigenvalue weighted by Crippen LogP contribution is -2.17. The molecule has 1 N–H and O–H groups in total. The van der Waals surface area contributed by atoms with Gasteiger partial charge in [-0.1, -0.05) is 41.4 Å². The molecule has 2 aromatic rings. The topological polar surface area (TPSA) is 42.4 Å². The molecule has 0 spiro atoms. The fourth-order valence-electron chi connectivity index (χ4n) is 2.71. The minimum absolute atomic E-state index is 0.235. The van der Waals surface area contributed by atoms with Crippen molar-refractivity contribution in [3.8, 4) is 5.75 Å². The van der Waals surface area contributed by atoms with Gasteiger partial charge in [-0.3, -0.25) is 4.98 Å². The van der Waals surface area contributed by atoms with Crippen LogP contribution in [0.25, 0.3) is 0 Å². The van der Waals surface area contributed by atoms with Crippen LogP contribution in [-0.2, 0) is 0 Å². The number of para-hydroxylation sites is 1. The lowest BCUT2D eigenvalue weighted by atomic mass is 9.87. The first-order valence-electron chi connectivity index (χ1n) is 6.86. The van der Waals surface area contributed by atoms with Gasteiger partial charge in [-0.05, 0) is 36.5 Å². The highest BCUT2D eigenvalue weighted by Crippen LogP contribution is 2.39. The Hall–Kier alpha value is -1.29. The molecular weight excluding hydrogens is 309 g/mol. The van der Waals surface area contributed by atoms with Gasteiger partial charge in [-0.2, -0.15) is 0 Å². The Morgan fingerprint density at radius 1 is 1.33 bits per heavy atom. The smallest absolute Gasteiger partial charge is 0.122 e. The van der Waals surface area contributed by atoms with Crippen LogP contribution in [0, 0.1) is 0 Å². The Labute approximate surface area is 133 Å². The van der Waals surface area contributed by atoms with Crippen molar-refractivity contribution < 1.29 is 9.84 Å². The lowest BCUT2D eigenvalue weighted by Gasteiger charge is -2.27. The summed E-state index contributed by atoms with van der Waals surface area (Å²) in [5.74, 6) is 1.13. The first-order valence-corrected chi connectivity index (χ1v) is 7.61. The fraction of sp³-hybridized carbons (Fsp3) is 0.312. The summed E-state index contributed by atoms with van der Waals surface area (Å²) in [7, 11) is 0. The van der Waals surface area contributed by atoms with Gasteiger partial charge in [0.2, 0.25) is 0 Å². The van der Waals surface area contributed by atoms with Crippen LogP contribution in [0.15, 0.2) is 36.5 Å². The number of fused-ring (bicyclic) bond motifs is 1. The second-order valence-corrected chi connectivity index (χ2v) is 5.99. The van der Waals surface area contributed by atoms with E-state index in [9.17, 15) is 5.11 Å². The molecule has 0 fully saturated rings. The first kappa shape index (κ1) is 14.6. The lowest BCUT2D eigenvalue weighted by molar-refractivity contribution is 0.141. The van der Waals surface area contributed by atoms with E-state index in [0.29, 0.717) is 28.8 Å². The van der Waals surface area contributed by atoms with Gasteiger partial charge in [0, 0.05) is 6.20 Å². The quantitative estimate of drug-likeness (QED) is 0.911. The molecule has 0 bridgehead atoms. The zero-order chi connectivity index (χ0) is 14.8. The van der Waals surface area contributed by atoms with Crippen molar-refractivity contribution in [1.29, 1.82) is 0 Å². The standard InChI is InChI=1S/C16H15Cl2NO2/c17-11-8-13(18)16(19-9-11)14(20)7-10-5-6-21-15-4-2-1-3-12(10)15/h1-4,8-10,14,20H,5-7H2. The number of halogens is 2. The monoisotopic (exact) mass is 323 g/mol. The summed E-state index contributed by atoms with van der Waals surface area (Å²) in [5.41, 5.74) is 1.61. The van der Waals surface area contributed by atoms with Gasteiger partial charge in [0.1, 0.15) is 5.75 Å². The molecule has 3 nitrogen and oxygen atoms in total. The van der Waals surface area contributed by atoms with Crippen molar-refractivity contribution in [2.45, 2.75) is 24.9 Å². The molecule has 110 valence electrons. The number of rotatable bonds is 3. The molecule has 1 aromatic heterocycles. The number of ether oxygens (including phenoxy) is 1. The minimum Gasteiger partial charge on any atom is -0.493 e. The van der Waals surface area contributed by atoms with Crippen LogP contribution in [0.4, 0.5) is 0 Å². The summed E-state index contributed by atoms with van der Waals surface area (Å²) in [6, 6.07) is 9.55. The van der Waals surface area contributed by atoms with Crippen LogP contribution < -0.4 is 4.74 Å². The Morgan fingerprint density at radius 2 is 2.14 bits per heavy atom. The Bertz CT molecular complexity index is 648. The summed E-state index contributed by atoms with van der Waals surface area (Å²) in [5, 5.41) is 11.3. The van der Waals surface area contributed by atoms with Gasteiger partial charge in [0.15, 0.2) is 0 Å². The molecule has 0 saturated carbocycles. The van der Waals surface area contributed by atoms with Crippen LogP contribution in [0.5, 0.6) is 5.75 Å². The molecular formula is C16H15Cl2NO2. The van der Waals surface area contributed by atoms with E-state index in [1.807, 2.05) is 24.3 Å². The van der Waals surface area contributed by atoms with E-state index >= 15 is 0 Å². The van der Waals surface area contributed by atoms with Crippen LogP contribution >= 0.6 is 23.2 Å². The highest BCUT2D eigenvalue weighted by molar-refractivity contribution is 6.34. The van der Waals surface area contributed by atoms with Crippen LogP contribution in [0.1, 0.15) is 36.1 Å². The number of hydrogen-bond donors (Lipinski definition) is 1. The normalized spacial score (nSPS) is 18.7. The number of hydrogen-bond acceptors (Lipinski definition) is 3. The molecule has 1 aliphatic rings. The first-order chi connectivity index (χ1) is 10.1. The maximum absolute atomic E-state index is 10.4.